The summed E-state index contributed by atoms with van der Waals surface area (Å²) in [4.78, 5) is 28.2. The van der Waals surface area contributed by atoms with Gasteiger partial charge in [-0.3, -0.25) is 19.6 Å². The fourth-order valence-corrected chi connectivity index (χ4v) is 2.30. The first-order chi connectivity index (χ1) is 10.6. The van der Waals surface area contributed by atoms with Crippen LogP contribution < -0.4 is 5.43 Å². The molecule has 1 aliphatic rings. The number of nitrogens with zero attached hydrogens (tertiary/aromatic N) is 2. The lowest BCUT2D eigenvalue weighted by atomic mass is 9.99. The monoisotopic (exact) mass is 303 g/mol. The lowest BCUT2D eigenvalue weighted by Gasteiger charge is -2.29. The molecule has 6 nitrogen and oxygen atoms in total. The van der Waals surface area contributed by atoms with Gasteiger partial charge in [-0.15, -0.1) is 0 Å². The van der Waals surface area contributed by atoms with E-state index in [1.165, 1.54) is 0 Å². The Kier molecular flexibility index (Phi) is 5.66. The number of rotatable bonds is 6. The van der Waals surface area contributed by atoms with Gasteiger partial charge in [-0.2, -0.15) is 0 Å². The SMILES string of the molecule is CCOC(=O)CC1=C(C)CCN(NCc2cccnc2)C1=O. The van der Waals surface area contributed by atoms with Crippen LogP contribution in [0.3, 0.4) is 0 Å². The highest BCUT2D eigenvalue weighted by molar-refractivity contribution is 5.98. The number of esters is 1. The number of carbonyl (C=O) groups excluding carboxylic acids is 2. The second-order valence-electron chi connectivity index (χ2n) is 5.14. The van der Waals surface area contributed by atoms with Gasteiger partial charge in [-0.25, -0.2) is 5.43 Å². The van der Waals surface area contributed by atoms with Crippen molar-refractivity contribution in [2.45, 2.75) is 33.2 Å². The Morgan fingerprint density at radius 3 is 3.00 bits per heavy atom. The molecule has 0 saturated carbocycles. The number of ether oxygens (including phenoxy) is 1. The second kappa shape index (κ2) is 7.70. The Bertz CT molecular complexity index is 569. The molecule has 0 saturated heterocycles. The standard InChI is InChI=1S/C16H21N3O3/c1-3-22-15(20)9-14-12(2)6-8-19(16(14)21)18-11-13-5-4-7-17-10-13/h4-5,7,10,18H,3,6,8-9,11H2,1-2H3. The predicted octanol–water partition coefficient (Wildman–Crippen LogP) is 1.59. The van der Waals surface area contributed by atoms with E-state index in [1.54, 1.807) is 24.3 Å². The minimum atomic E-state index is -0.362. The summed E-state index contributed by atoms with van der Waals surface area (Å²) >= 11 is 0. The molecule has 0 spiro atoms. The molecule has 118 valence electrons. The zero-order valence-corrected chi connectivity index (χ0v) is 13.0. The summed E-state index contributed by atoms with van der Waals surface area (Å²) in [6.07, 6.45) is 4.24. The van der Waals surface area contributed by atoms with Crippen LogP contribution in [-0.4, -0.2) is 35.0 Å². The normalized spacial score (nSPS) is 15.2. The van der Waals surface area contributed by atoms with Crippen LogP contribution in [0.15, 0.2) is 35.7 Å². The predicted molar refractivity (Wildman–Crippen MR) is 81.4 cm³/mol. The van der Waals surface area contributed by atoms with Gasteiger partial charge in [0, 0.05) is 31.1 Å². The van der Waals surface area contributed by atoms with E-state index in [2.05, 4.69) is 10.4 Å². The molecule has 0 atom stereocenters. The Balaban J connectivity index is 1.98. The average Bonchev–Trinajstić information content (AvgIpc) is 2.52. The first-order valence-electron chi connectivity index (χ1n) is 7.40. The number of pyridine rings is 1. The molecule has 22 heavy (non-hydrogen) atoms. The zero-order chi connectivity index (χ0) is 15.9. The van der Waals surface area contributed by atoms with Gasteiger partial charge in [0.15, 0.2) is 0 Å². The molecule has 0 radical (unpaired) electrons. The van der Waals surface area contributed by atoms with Crippen LogP contribution >= 0.6 is 0 Å². The molecular weight excluding hydrogens is 282 g/mol. The number of nitrogens with one attached hydrogen (secondary N) is 1. The minimum absolute atomic E-state index is 0.0313. The highest BCUT2D eigenvalue weighted by Gasteiger charge is 2.27. The van der Waals surface area contributed by atoms with E-state index < -0.39 is 0 Å². The van der Waals surface area contributed by atoms with Crippen LogP contribution in [0, 0.1) is 0 Å². The third kappa shape index (κ3) is 4.14. The lowest BCUT2D eigenvalue weighted by Crippen LogP contribution is -2.46. The van der Waals surface area contributed by atoms with Crippen LogP contribution in [0.4, 0.5) is 0 Å². The van der Waals surface area contributed by atoms with Gasteiger partial charge >= 0.3 is 5.97 Å². The zero-order valence-electron chi connectivity index (χ0n) is 13.0. The summed E-state index contributed by atoms with van der Waals surface area (Å²) in [5.74, 6) is -0.514. The van der Waals surface area contributed by atoms with E-state index >= 15 is 0 Å². The summed E-state index contributed by atoms with van der Waals surface area (Å²) in [5.41, 5.74) is 5.58. The van der Waals surface area contributed by atoms with Gasteiger partial charge in [-0.1, -0.05) is 11.6 Å². The van der Waals surface area contributed by atoms with Crippen molar-refractivity contribution in [1.82, 2.24) is 15.4 Å². The largest absolute Gasteiger partial charge is 0.466 e. The second-order valence-corrected chi connectivity index (χ2v) is 5.14. The molecule has 1 aliphatic heterocycles. The third-order valence-electron chi connectivity index (χ3n) is 3.55. The quantitative estimate of drug-likeness (QED) is 0.808. The number of hydrogen-bond donors (Lipinski definition) is 1. The molecule has 6 heteroatoms. The molecule has 1 aromatic heterocycles. The number of hydrogen-bond acceptors (Lipinski definition) is 5. The van der Waals surface area contributed by atoms with Crippen molar-refractivity contribution < 1.29 is 14.3 Å². The van der Waals surface area contributed by atoms with Crippen LogP contribution in [0.1, 0.15) is 32.3 Å². The van der Waals surface area contributed by atoms with Crippen LogP contribution in [0.2, 0.25) is 0 Å². The van der Waals surface area contributed by atoms with Crippen molar-refractivity contribution in [2.75, 3.05) is 13.2 Å². The summed E-state index contributed by atoms with van der Waals surface area (Å²) in [5, 5.41) is 1.56. The first kappa shape index (κ1) is 16.2. The number of aromatic nitrogens is 1. The van der Waals surface area contributed by atoms with Gasteiger partial charge in [0.05, 0.1) is 13.0 Å². The highest BCUT2D eigenvalue weighted by atomic mass is 16.5. The highest BCUT2D eigenvalue weighted by Crippen LogP contribution is 2.21. The summed E-state index contributed by atoms with van der Waals surface area (Å²) in [6.45, 7) is 5.08. The van der Waals surface area contributed by atoms with Crippen molar-refractivity contribution in [3.8, 4) is 0 Å². The molecule has 0 aliphatic carbocycles. The Morgan fingerprint density at radius 1 is 1.50 bits per heavy atom. The maximum absolute atomic E-state index is 12.5. The van der Waals surface area contributed by atoms with E-state index in [0.717, 1.165) is 17.6 Å². The van der Waals surface area contributed by atoms with E-state index in [1.807, 2.05) is 19.1 Å². The average molecular weight is 303 g/mol. The summed E-state index contributed by atoms with van der Waals surface area (Å²) in [6, 6.07) is 3.79. The van der Waals surface area contributed by atoms with Crippen LogP contribution in [-0.2, 0) is 20.9 Å². The molecule has 0 bridgehead atoms. The molecule has 0 aromatic carbocycles. The van der Waals surface area contributed by atoms with E-state index in [9.17, 15) is 9.59 Å². The molecule has 1 amide bonds. The number of carbonyl (C=O) groups is 2. The van der Waals surface area contributed by atoms with Crippen molar-refractivity contribution in [3.05, 3.63) is 41.2 Å². The van der Waals surface area contributed by atoms with Crippen molar-refractivity contribution in [3.63, 3.8) is 0 Å². The first-order valence-corrected chi connectivity index (χ1v) is 7.40. The fraction of sp³-hybridized carbons (Fsp3) is 0.438. The minimum Gasteiger partial charge on any atom is -0.466 e. The summed E-state index contributed by atoms with van der Waals surface area (Å²) < 4.78 is 4.93. The number of amides is 1. The molecular formula is C16H21N3O3. The molecule has 1 aromatic rings. The molecule has 2 rings (SSSR count). The maximum atomic E-state index is 12.5. The Labute approximate surface area is 130 Å². The van der Waals surface area contributed by atoms with Gasteiger partial charge < -0.3 is 4.74 Å². The van der Waals surface area contributed by atoms with Gasteiger partial charge in [0.2, 0.25) is 0 Å². The van der Waals surface area contributed by atoms with E-state index in [4.69, 9.17) is 4.74 Å². The van der Waals surface area contributed by atoms with Crippen molar-refractivity contribution >= 4 is 11.9 Å². The van der Waals surface area contributed by atoms with Crippen LogP contribution in [0.25, 0.3) is 0 Å². The molecule has 1 N–H and O–H groups in total. The van der Waals surface area contributed by atoms with Gasteiger partial charge in [0.25, 0.3) is 5.91 Å². The van der Waals surface area contributed by atoms with Crippen molar-refractivity contribution in [2.24, 2.45) is 0 Å². The Hall–Kier alpha value is -2.21. The lowest BCUT2D eigenvalue weighted by molar-refractivity contribution is -0.144. The van der Waals surface area contributed by atoms with Gasteiger partial charge in [0.1, 0.15) is 0 Å². The Morgan fingerprint density at radius 2 is 2.32 bits per heavy atom. The molecule has 0 unspecified atom stereocenters. The fourth-order valence-electron chi connectivity index (χ4n) is 2.30. The van der Waals surface area contributed by atoms with E-state index in [-0.39, 0.29) is 18.3 Å². The van der Waals surface area contributed by atoms with Crippen LogP contribution in [0.5, 0.6) is 0 Å². The topological polar surface area (TPSA) is 71.5 Å². The van der Waals surface area contributed by atoms with E-state index in [0.29, 0.717) is 25.3 Å². The van der Waals surface area contributed by atoms with Gasteiger partial charge in [-0.05, 0) is 31.9 Å². The molecule has 2 heterocycles. The number of hydrazine groups is 1. The molecule has 0 fully saturated rings. The summed E-state index contributed by atoms with van der Waals surface area (Å²) in [7, 11) is 0. The smallest absolute Gasteiger partial charge is 0.310 e. The third-order valence-corrected chi connectivity index (χ3v) is 3.55. The van der Waals surface area contributed by atoms with Crippen molar-refractivity contribution in [1.29, 1.82) is 0 Å². The maximum Gasteiger partial charge on any atom is 0.310 e.